The summed E-state index contributed by atoms with van der Waals surface area (Å²) < 4.78 is 0. The third kappa shape index (κ3) is 6.85. The Balaban J connectivity index is 1.43. The van der Waals surface area contributed by atoms with Crippen LogP contribution < -0.4 is 5.32 Å². The Hall–Kier alpha value is -2.29. The SMILES string of the molecule is CCN(CC)C(=O)CN1CCN(Cc2csc(CC(=O)Nc3ccccc3C)n2)CC1. The molecule has 1 saturated heterocycles. The highest BCUT2D eigenvalue weighted by Gasteiger charge is 2.21. The molecule has 1 aliphatic heterocycles. The summed E-state index contributed by atoms with van der Waals surface area (Å²) in [5, 5.41) is 5.85. The summed E-state index contributed by atoms with van der Waals surface area (Å²) in [4.78, 5) is 35.8. The van der Waals surface area contributed by atoms with Gasteiger partial charge in [-0.15, -0.1) is 11.3 Å². The first-order valence-electron chi connectivity index (χ1n) is 11.0. The number of carbonyl (C=O) groups is 2. The normalized spacial score (nSPS) is 15.1. The zero-order valence-electron chi connectivity index (χ0n) is 18.8. The van der Waals surface area contributed by atoms with Gasteiger partial charge < -0.3 is 10.2 Å². The standard InChI is InChI=1S/C23H33N5O2S/c1-4-28(5-2)23(30)16-27-12-10-26(11-13-27)15-19-17-31-22(24-19)14-21(29)25-20-9-7-6-8-18(20)3/h6-9,17H,4-5,10-16H2,1-3H3,(H,25,29). The molecule has 0 spiro atoms. The number of aromatic nitrogens is 1. The van der Waals surface area contributed by atoms with Crippen molar-refractivity contribution in [2.24, 2.45) is 0 Å². The van der Waals surface area contributed by atoms with E-state index in [1.807, 2.05) is 55.3 Å². The number of nitrogens with one attached hydrogen (secondary N) is 1. The van der Waals surface area contributed by atoms with Crippen molar-refractivity contribution in [3.05, 3.63) is 45.9 Å². The van der Waals surface area contributed by atoms with Gasteiger partial charge in [0.15, 0.2) is 0 Å². The van der Waals surface area contributed by atoms with Crippen molar-refractivity contribution >= 4 is 28.8 Å². The summed E-state index contributed by atoms with van der Waals surface area (Å²) in [5.74, 6) is 0.174. The number of thiazole rings is 1. The first-order valence-corrected chi connectivity index (χ1v) is 11.9. The zero-order chi connectivity index (χ0) is 22.2. The number of piperazine rings is 1. The summed E-state index contributed by atoms with van der Waals surface area (Å²) in [6.45, 7) is 12.5. The molecular weight excluding hydrogens is 410 g/mol. The summed E-state index contributed by atoms with van der Waals surface area (Å²) in [5.41, 5.74) is 2.91. The molecule has 0 saturated carbocycles. The highest BCUT2D eigenvalue weighted by atomic mass is 32.1. The summed E-state index contributed by atoms with van der Waals surface area (Å²) >= 11 is 1.54. The lowest BCUT2D eigenvalue weighted by atomic mass is 10.2. The molecule has 1 aliphatic rings. The maximum absolute atomic E-state index is 12.4. The van der Waals surface area contributed by atoms with Gasteiger partial charge in [-0.05, 0) is 32.4 Å². The van der Waals surface area contributed by atoms with E-state index in [4.69, 9.17) is 0 Å². The number of likely N-dealkylation sites (N-methyl/N-ethyl adjacent to an activating group) is 1. The molecule has 31 heavy (non-hydrogen) atoms. The largest absolute Gasteiger partial charge is 0.342 e. The van der Waals surface area contributed by atoms with Crippen molar-refractivity contribution in [3.63, 3.8) is 0 Å². The molecule has 0 bridgehead atoms. The molecule has 3 rings (SSSR count). The van der Waals surface area contributed by atoms with Crippen LogP contribution >= 0.6 is 11.3 Å². The average molecular weight is 444 g/mol. The Bertz CT molecular complexity index is 872. The second kappa shape index (κ2) is 11.4. The molecule has 1 aromatic heterocycles. The number of para-hydroxylation sites is 1. The molecule has 0 unspecified atom stereocenters. The molecule has 0 radical (unpaired) electrons. The topological polar surface area (TPSA) is 68.8 Å². The molecular formula is C23H33N5O2S. The maximum atomic E-state index is 12.4. The van der Waals surface area contributed by atoms with Gasteiger partial charge in [0.1, 0.15) is 5.01 Å². The molecule has 1 fully saturated rings. The Morgan fingerprint density at radius 2 is 1.77 bits per heavy atom. The van der Waals surface area contributed by atoms with Crippen LogP contribution in [0.4, 0.5) is 5.69 Å². The molecule has 8 heteroatoms. The van der Waals surface area contributed by atoms with Gasteiger partial charge in [0.05, 0.1) is 18.7 Å². The van der Waals surface area contributed by atoms with Crippen LogP contribution in [0.3, 0.4) is 0 Å². The summed E-state index contributed by atoms with van der Waals surface area (Å²) in [6, 6.07) is 7.77. The van der Waals surface area contributed by atoms with Gasteiger partial charge >= 0.3 is 0 Å². The van der Waals surface area contributed by atoms with Crippen molar-refractivity contribution < 1.29 is 9.59 Å². The molecule has 0 atom stereocenters. The third-order valence-corrected chi connectivity index (χ3v) is 6.55. The summed E-state index contributed by atoms with van der Waals surface area (Å²) in [7, 11) is 0. The van der Waals surface area contributed by atoms with Gasteiger partial charge in [0.25, 0.3) is 0 Å². The van der Waals surface area contributed by atoms with E-state index in [1.165, 1.54) is 11.3 Å². The Morgan fingerprint density at radius 1 is 1.10 bits per heavy atom. The Morgan fingerprint density at radius 3 is 2.45 bits per heavy atom. The van der Waals surface area contributed by atoms with Crippen molar-refractivity contribution in [1.29, 1.82) is 0 Å². The average Bonchev–Trinajstić information content (AvgIpc) is 3.18. The molecule has 1 aromatic carbocycles. The number of hydrogen-bond acceptors (Lipinski definition) is 6. The highest BCUT2D eigenvalue weighted by molar-refractivity contribution is 7.09. The van der Waals surface area contributed by atoms with E-state index in [2.05, 4.69) is 20.1 Å². The van der Waals surface area contributed by atoms with Crippen LogP contribution in [0.25, 0.3) is 0 Å². The molecule has 168 valence electrons. The van der Waals surface area contributed by atoms with E-state index in [9.17, 15) is 9.59 Å². The maximum Gasteiger partial charge on any atom is 0.236 e. The second-order valence-corrected chi connectivity index (χ2v) is 8.83. The number of rotatable bonds is 9. The monoisotopic (exact) mass is 443 g/mol. The quantitative estimate of drug-likeness (QED) is 0.645. The fraction of sp³-hybridized carbons (Fsp3) is 0.522. The van der Waals surface area contributed by atoms with Crippen LogP contribution in [-0.4, -0.2) is 77.3 Å². The Kier molecular flexibility index (Phi) is 8.57. The van der Waals surface area contributed by atoms with Crippen LogP contribution in [0.5, 0.6) is 0 Å². The zero-order valence-corrected chi connectivity index (χ0v) is 19.6. The van der Waals surface area contributed by atoms with E-state index in [0.717, 1.165) is 67.8 Å². The van der Waals surface area contributed by atoms with Gasteiger partial charge in [-0.25, -0.2) is 4.98 Å². The smallest absolute Gasteiger partial charge is 0.236 e. The van der Waals surface area contributed by atoms with Crippen molar-refractivity contribution in [3.8, 4) is 0 Å². The molecule has 2 aromatic rings. The van der Waals surface area contributed by atoms with Crippen LogP contribution in [0, 0.1) is 6.92 Å². The highest BCUT2D eigenvalue weighted by Crippen LogP contribution is 2.17. The van der Waals surface area contributed by atoms with Crippen LogP contribution in [0.1, 0.15) is 30.1 Å². The van der Waals surface area contributed by atoms with Crippen molar-refractivity contribution in [1.82, 2.24) is 19.7 Å². The number of nitrogens with zero attached hydrogens (tertiary/aromatic N) is 4. The molecule has 1 N–H and O–H groups in total. The number of hydrogen-bond donors (Lipinski definition) is 1. The van der Waals surface area contributed by atoms with Crippen molar-refractivity contribution in [2.45, 2.75) is 33.7 Å². The lowest BCUT2D eigenvalue weighted by Crippen LogP contribution is -2.49. The number of aryl methyl sites for hydroxylation is 1. The number of benzene rings is 1. The predicted molar refractivity (Wildman–Crippen MR) is 125 cm³/mol. The van der Waals surface area contributed by atoms with Crippen molar-refractivity contribution in [2.75, 3.05) is 51.1 Å². The predicted octanol–water partition coefficient (Wildman–Crippen LogP) is 2.62. The summed E-state index contributed by atoms with van der Waals surface area (Å²) in [6.07, 6.45) is 0.292. The Labute approximate surface area is 189 Å². The minimum absolute atomic E-state index is 0.0401. The van der Waals surface area contributed by atoms with Crippen LogP contribution in [0.2, 0.25) is 0 Å². The molecule has 2 amide bonds. The molecule has 7 nitrogen and oxygen atoms in total. The van der Waals surface area contributed by atoms with Gasteiger partial charge in [0, 0.05) is 56.9 Å². The van der Waals surface area contributed by atoms with Gasteiger partial charge in [-0.2, -0.15) is 0 Å². The van der Waals surface area contributed by atoms with E-state index in [1.54, 1.807) is 0 Å². The van der Waals surface area contributed by atoms with E-state index in [0.29, 0.717) is 13.0 Å². The number of amides is 2. The third-order valence-electron chi connectivity index (χ3n) is 5.66. The molecule has 0 aliphatic carbocycles. The van der Waals surface area contributed by atoms with Gasteiger partial charge in [-0.3, -0.25) is 19.4 Å². The first kappa shape index (κ1) is 23.4. The fourth-order valence-corrected chi connectivity index (χ4v) is 4.53. The second-order valence-electron chi connectivity index (χ2n) is 7.89. The van der Waals surface area contributed by atoms with Gasteiger partial charge in [-0.1, -0.05) is 18.2 Å². The van der Waals surface area contributed by atoms with Crippen LogP contribution in [-0.2, 0) is 22.6 Å². The van der Waals surface area contributed by atoms with E-state index in [-0.39, 0.29) is 11.8 Å². The van der Waals surface area contributed by atoms with Crippen LogP contribution in [0.15, 0.2) is 29.6 Å². The minimum atomic E-state index is -0.0401. The fourth-order valence-electron chi connectivity index (χ4n) is 3.75. The number of carbonyl (C=O) groups excluding carboxylic acids is 2. The number of anilines is 1. The first-order chi connectivity index (χ1) is 15.0. The minimum Gasteiger partial charge on any atom is -0.342 e. The molecule has 2 heterocycles. The lowest BCUT2D eigenvalue weighted by molar-refractivity contribution is -0.132. The lowest BCUT2D eigenvalue weighted by Gasteiger charge is -2.34. The van der Waals surface area contributed by atoms with E-state index < -0.39 is 0 Å². The van der Waals surface area contributed by atoms with E-state index >= 15 is 0 Å². The van der Waals surface area contributed by atoms with Gasteiger partial charge in [0.2, 0.25) is 11.8 Å².